The highest BCUT2D eigenvalue weighted by Gasteiger charge is 1.93. The van der Waals surface area contributed by atoms with Crippen molar-refractivity contribution in [1.82, 2.24) is 5.32 Å². The van der Waals surface area contributed by atoms with E-state index in [1.54, 1.807) is 0 Å². The molecule has 0 amide bonds. The van der Waals surface area contributed by atoms with Gasteiger partial charge in [0, 0.05) is 20.7 Å². The molecule has 3 nitrogen and oxygen atoms in total. The van der Waals surface area contributed by atoms with Gasteiger partial charge >= 0.3 is 0 Å². The van der Waals surface area contributed by atoms with Crippen LogP contribution < -0.4 is 5.32 Å². The molecule has 0 aromatic rings. The van der Waals surface area contributed by atoms with E-state index in [9.17, 15) is 0 Å². The Hall–Kier alpha value is -0.120. The van der Waals surface area contributed by atoms with Gasteiger partial charge in [-0.2, -0.15) is 0 Å². The Morgan fingerprint density at radius 3 is 2.40 bits per heavy atom. The number of rotatable bonds is 11. The van der Waals surface area contributed by atoms with Crippen LogP contribution in [0.3, 0.4) is 0 Å². The van der Waals surface area contributed by atoms with E-state index in [1.807, 2.05) is 6.92 Å². The lowest BCUT2D eigenvalue weighted by Crippen LogP contribution is -2.23. The summed E-state index contributed by atoms with van der Waals surface area (Å²) >= 11 is 0. The van der Waals surface area contributed by atoms with Crippen LogP contribution in [0.25, 0.3) is 0 Å². The van der Waals surface area contributed by atoms with Gasteiger partial charge in [-0.05, 0) is 32.7 Å². The zero-order valence-electron chi connectivity index (χ0n) is 10.6. The fraction of sp³-hybridized carbons (Fsp3) is 1.00. The summed E-state index contributed by atoms with van der Waals surface area (Å²) in [5, 5.41) is 3.40. The highest BCUT2D eigenvalue weighted by atomic mass is 16.5. The second-order valence-corrected chi connectivity index (χ2v) is 3.98. The molecule has 0 aliphatic rings. The number of nitrogens with one attached hydrogen (secondary N) is 1. The Morgan fingerprint density at radius 1 is 1.00 bits per heavy atom. The van der Waals surface area contributed by atoms with Crippen molar-refractivity contribution in [3.63, 3.8) is 0 Å². The first kappa shape index (κ1) is 14.9. The fourth-order valence-electron chi connectivity index (χ4n) is 1.26. The van der Waals surface area contributed by atoms with Gasteiger partial charge in [0.15, 0.2) is 0 Å². The first-order chi connectivity index (χ1) is 7.27. The van der Waals surface area contributed by atoms with Gasteiger partial charge in [0.1, 0.15) is 0 Å². The molecule has 0 fully saturated rings. The molecule has 0 spiro atoms. The van der Waals surface area contributed by atoms with Gasteiger partial charge in [-0.3, -0.25) is 0 Å². The minimum absolute atomic E-state index is 0. The molecule has 0 bridgehead atoms. The summed E-state index contributed by atoms with van der Waals surface area (Å²) in [7, 11) is 0. The molecule has 94 valence electrons. The third kappa shape index (κ3) is 13.9. The van der Waals surface area contributed by atoms with Crippen molar-refractivity contribution in [1.29, 1.82) is 0 Å². The molecule has 0 radical (unpaired) electrons. The lowest BCUT2D eigenvalue weighted by molar-refractivity contribution is 0.0513. The highest BCUT2D eigenvalue weighted by Crippen LogP contribution is 1.95. The molecule has 3 heteroatoms. The number of ether oxygens (including phenoxy) is 2. The Bertz CT molecular complexity index is 124. The summed E-state index contributed by atoms with van der Waals surface area (Å²) in [6.45, 7) is 10.6. The van der Waals surface area contributed by atoms with Crippen LogP contribution in [0.2, 0.25) is 0 Å². The molecular formula is C12H29NO2. The van der Waals surface area contributed by atoms with Gasteiger partial charge < -0.3 is 14.8 Å². The van der Waals surface area contributed by atoms with Crippen LogP contribution >= 0.6 is 0 Å². The summed E-state index contributed by atoms with van der Waals surface area (Å²) in [5.74, 6) is 0. The average Bonchev–Trinajstić information content (AvgIpc) is 2.20. The third-order valence-corrected chi connectivity index (χ3v) is 2.09. The monoisotopic (exact) mass is 219 g/mol. The summed E-state index contributed by atoms with van der Waals surface area (Å²) in [6.07, 6.45) is 3.65. The van der Waals surface area contributed by atoms with Crippen LogP contribution in [0, 0.1) is 0 Å². The van der Waals surface area contributed by atoms with Crippen LogP contribution in [0.5, 0.6) is 0 Å². The van der Waals surface area contributed by atoms with Crippen LogP contribution in [-0.2, 0) is 9.47 Å². The normalized spacial score (nSPS) is 11.2. The van der Waals surface area contributed by atoms with Crippen molar-refractivity contribution in [3.8, 4) is 0 Å². The van der Waals surface area contributed by atoms with Crippen molar-refractivity contribution in [2.45, 2.75) is 46.1 Å². The average molecular weight is 219 g/mol. The number of unbranched alkanes of at least 4 members (excludes halogenated alkanes) is 2. The van der Waals surface area contributed by atoms with Crippen molar-refractivity contribution in [3.05, 3.63) is 0 Å². The van der Waals surface area contributed by atoms with E-state index in [2.05, 4.69) is 19.2 Å². The SMILES string of the molecule is CCOCCOCCCCCNC(C)C.[HH]. The zero-order chi connectivity index (χ0) is 11.4. The third-order valence-electron chi connectivity index (χ3n) is 2.09. The zero-order valence-corrected chi connectivity index (χ0v) is 10.6. The Balaban J connectivity index is 0. The molecule has 15 heavy (non-hydrogen) atoms. The van der Waals surface area contributed by atoms with Gasteiger partial charge in [0.25, 0.3) is 0 Å². The van der Waals surface area contributed by atoms with E-state index in [0.29, 0.717) is 6.04 Å². The lowest BCUT2D eigenvalue weighted by Gasteiger charge is -2.07. The van der Waals surface area contributed by atoms with Gasteiger partial charge in [0.2, 0.25) is 0 Å². The predicted molar refractivity (Wildman–Crippen MR) is 66.4 cm³/mol. The smallest absolute Gasteiger partial charge is 0.0700 e. The van der Waals surface area contributed by atoms with E-state index < -0.39 is 0 Å². The fourth-order valence-corrected chi connectivity index (χ4v) is 1.26. The van der Waals surface area contributed by atoms with Crippen LogP contribution in [0.1, 0.15) is 41.5 Å². The summed E-state index contributed by atoms with van der Waals surface area (Å²) < 4.78 is 10.6. The topological polar surface area (TPSA) is 30.5 Å². The van der Waals surface area contributed by atoms with Crippen molar-refractivity contribution >= 4 is 0 Å². The highest BCUT2D eigenvalue weighted by molar-refractivity contribution is 4.52. The summed E-state index contributed by atoms with van der Waals surface area (Å²) in [5.41, 5.74) is 0. The molecule has 0 saturated heterocycles. The minimum atomic E-state index is 0. The Labute approximate surface area is 96.0 Å². The predicted octanol–water partition coefficient (Wildman–Crippen LogP) is 2.45. The molecule has 0 atom stereocenters. The second-order valence-electron chi connectivity index (χ2n) is 3.98. The molecular weight excluding hydrogens is 190 g/mol. The van der Waals surface area contributed by atoms with Crippen LogP contribution in [0.4, 0.5) is 0 Å². The van der Waals surface area contributed by atoms with Gasteiger partial charge in [-0.15, -0.1) is 0 Å². The van der Waals surface area contributed by atoms with E-state index >= 15 is 0 Å². The van der Waals surface area contributed by atoms with Crippen molar-refractivity contribution in [2.24, 2.45) is 0 Å². The molecule has 1 N–H and O–H groups in total. The standard InChI is InChI=1S/C12H27NO2.H2/c1-4-14-10-11-15-9-7-5-6-8-13-12(2)3;/h12-13H,4-11H2,1-3H3;1H. The van der Waals surface area contributed by atoms with Gasteiger partial charge in [-0.1, -0.05) is 13.8 Å². The Kier molecular flexibility index (Phi) is 11.9. The van der Waals surface area contributed by atoms with E-state index in [0.717, 1.165) is 39.4 Å². The molecule has 0 aromatic heterocycles. The van der Waals surface area contributed by atoms with Gasteiger partial charge in [0.05, 0.1) is 13.2 Å². The van der Waals surface area contributed by atoms with Crippen LogP contribution in [0.15, 0.2) is 0 Å². The second kappa shape index (κ2) is 12.0. The molecule has 0 aromatic carbocycles. The molecule has 0 rings (SSSR count). The number of hydrogen-bond donors (Lipinski definition) is 1. The molecule has 0 heterocycles. The van der Waals surface area contributed by atoms with E-state index in [4.69, 9.17) is 9.47 Å². The molecule has 0 unspecified atom stereocenters. The van der Waals surface area contributed by atoms with E-state index in [1.165, 1.54) is 12.8 Å². The maximum atomic E-state index is 5.42. The first-order valence-electron chi connectivity index (χ1n) is 6.16. The largest absolute Gasteiger partial charge is 0.379 e. The maximum absolute atomic E-state index is 5.42. The lowest BCUT2D eigenvalue weighted by atomic mass is 10.2. The number of hydrogen-bond acceptors (Lipinski definition) is 3. The van der Waals surface area contributed by atoms with Gasteiger partial charge in [-0.25, -0.2) is 0 Å². The van der Waals surface area contributed by atoms with Crippen LogP contribution in [-0.4, -0.2) is 39.0 Å². The van der Waals surface area contributed by atoms with Crippen molar-refractivity contribution in [2.75, 3.05) is 33.0 Å². The van der Waals surface area contributed by atoms with E-state index in [-0.39, 0.29) is 1.43 Å². The first-order valence-corrected chi connectivity index (χ1v) is 6.16. The quantitative estimate of drug-likeness (QED) is 0.541. The Morgan fingerprint density at radius 2 is 1.73 bits per heavy atom. The molecule has 0 aliphatic carbocycles. The maximum Gasteiger partial charge on any atom is 0.0700 e. The van der Waals surface area contributed by atoms with Crippen molar-refractivity contribution < 1.29 is 10.9 Å². The summed E-state index contributed by atoms with van der Waals surface area (Å²) in [6, 6.07) is 0.604. The summed E-state index contributed by atoms with van der Waals surface area (Å²) in [4.78, 5) is 0. The molecule has 0 aliphatic heterocycles. The minimum Gasteiger partial charge on any atom is -0.379 e. The molecule has 0 saturated carbocycles.